The molecule has 1 aromatic heterocycles. The smallest absolute Gasteiger partial charge is 0.261 e. The SMILES string of the molecule is CN1CCN(C)[C@@H](Cn2cnc3cc(Cl)ccc3c2=O)C1. The Morgan fingerprint density at radius 2 is 2.14 bits per heavy atom. The number of aromatic nitrogens is 2. The Balaban J connectivity index is 1.92. The van der Waals surface area contributed by atoms with Crippen LogP contribution in [0.3, 0.4) is 0 Å². The Bertz CT molecular complexity index is 714. The van der Waals surface area contributed by atoms with E-state index in [1.165, 1.54) is 0 Å². The third kappa shape index (κ3) is 2.95. The van der Waals surface area contributed by atoms with Crippen molar-refractivity contribution in [1.82, 2.24) is 19.4 Å². The first-order chi connectivity index (χ1) is 10.0. The summed E-state index contributed by atoms with van der Waals surface area (Å²) in [6.07, 6.45) is 1.63. The first kappa shape index (κ1) is 14.5. The largest absolute Gasteiger partial charge is 0.303 e. The second kappa shape index (κ2) is 5.75. The van der Waals surface area contributed by atoms with Gasteiger partial charge in [0.1, 0.15) is 0 Å². The van der Waals surface area contributed by atoms with E-state index in [-0.39, 0.29) is 5.56 Å². The van der Waals surface area contributed by atoms with Crippen LogP contribution in [0.2, 0.25) is 5.02 Å². The van der Waals surface area contributed by atoms with E-state index in [1.807, 2.05) is 0 Å². The topological polar surface area (TPSA) is 41.4 Å². The average molecular weight is 307 g/mol. The van der Waals surface area contributed by atoms with E-state index in [9.17, 15) is 4.79 Å². The molecule has 2 heterocycles. The lowest BCUT2D eigenvalue weighted by atomic mass is 10.2. The van der Waals surface area contributed by atoms with Crippen LogP contribution in [0.25, 0.3) is 10.9 Å². The summed E-state index contributed by atoms with van der Waals surface area (Å²) in [4.78, 5) is 21.5. The van der Waals surface area contributed by atoms with Gasteiger partial charge in [-0.05, 0) is 32.3 Å². The highest BCUT2D eigenvalue weighted by Gasteiger charge is 2.23. The van der Waals surface area contributed by atoms with Crippen molar-refractivity contribution in [1.29, 1.82) is 0 Å². The maximum absolute atomic E-state index is 12.5. The minimum absolute atomic E-state index is 0.00158. The van der Waals surface area contributed by atoms with Crippen LogP contribution in [0.1, 0.15) is 0 Å². The molecule has 1 saturated heterocycles. The number of benzene rings is 1. The summed E-state index contributed by atoms with van der Waals surface area (Å²) >= 11 is 5.94. The monoisotopic (exact) mass is 306 g/mol. The molecule has 3 rings (SSSR count). The van der Waals surface area contributed by atoms with Crippen molar-refractivity contribution in [2.45, 2.75) is 12.6 Å². The van der Waals surface area contributed by atoms with E-state index in [0.29, 0.717) is 28.5 Å². The summed E-state index contributed by atoms with van der Waals surface area (Å²) in [5, 5.41) is 1.22. The number of hydrogen-bond donors (Lipinski definition) is 0. The van der Waals surface area contributed by atoms with Crippen LogP contribution in [0.15, 0.2) is 29.3 Å². The molecule has 0 unspecified atom stereocenters. The number of fused-ring (bicyclic) bond motifs is 1. The fourth-order valence-electron chi connectivity index (χ4n) is 2.79. The number of halogens is 1. The van der Waals surface area contributed by atoms with Crippen molar-refractivity contribution < 1.29 is 0 Å². The molecule has 6 heteroatoms. The highest BCUT2D eigenvalue weighted by molar-refractivity contribution is 6.31. The predicted octanol–water partition coefficient (Wildman–Crippen LogP) is 1.30. The first-order valence-corrected chi connectivity index (χ1v) is 7.46. The van der Waals surface area contributed by atoms with Crippen molar-refractivity contribution in [2.24, 2.45) is 0 Å². The van der Waals surface area contributed by atoms with Crippen molar-refractivity contribution in [2.75, 3.05) is 33.7 Å². The lowest BCUT2D eigenvalue weighted by molar-refractivity contribution is 0.102. The standard InChI is InChI=1S/C15H19ClN4O/c1-18-5-6-19(2)12(8-18)9-20-10-17-14-7-11(16)3-4-13(14)15(20)21/h3-4,7,10,12H,5-6,8-9H2,1-2H3/t12-/m1/s1. The minimum atomic E-state index is -0.00158. The number of nitrogens with zero attached hydrogens (tertiary/aromatic N) is 4. The fourth-order valence-corrected chi connectivity index (χ4v) is 2.95. The maximum atomic E-state index is 12.5. The van der Waals surface area contributed by atoms with Gasteiger partial charge in [0.25, 0.3) is 5.56 Å². The molecular formula is C15H19ClN4O. The average Bonchev–Trinajstić information content (AvgIpc) is 2.45. The molecule has 2 aromatic rings. The zero-order valence-corrected chi connectivity index (χ0v) is 13.0. The molecular weight excluding hydrogens is 288 g/mol. The third-order valence-electron chi connectivity index (χ3n) is 4.17. The fraction of sp³-hybridized carbons (Fsp3) is 0.467. The quantitative estimate of drug-likeness (QED) is 0.838. The summed E-state index contributed by atoms with van der Waals surface area (Å²) in [6.45, 7) is 3.70. The summed E-state index contributed by atoms with van der Waals surface area (Å²) in [5.41, 5.74) is 0.649. The molecule has 1 aliphatic heterocycles. The molecule has 0 radical (unpaired) electrons. The molecule has 1 fully saturated rings. The van der Waals surface area contributed by atoms with Crippen LogP contribution in [0, 0.1) is 0 Å². The molecule has 0 spiro atoms. The summed E-state index contributed by atoms with van der Waals surface area (Å²) < 4.78 is 1.70. The zero-order valence-electron chi connectivity index (χ0n) is 12.3. The summed E-state index contributed by atoms with van der Waals surface area (Å²) in [5.74, 6) is 0. The van der Waals surface area contributed by atoms with Crippen LogP contribution < -0.4 is 5.56 Å². The van der Waals surface area contributed by atoms with Gasteiger partial charge in [-0.15, -0.1) is 0 Å². The molecule has 0 amide bonds. The van der Waals surface area contributed by atoms with Gasteiger partial charge >= 0.3 is 0 Å². The first-order valence-electron chi connectivity index (χ1n) is 7.08. The molecule has 0 bridgehead atoms. The minimum Gasteiger partial charge on any atom is -0.303 e. The summed E-state index contributed by atoms with van der Waals surface area (Å²) in [7, 11) is 4.22. The molecule has 0 aliphatic carbocycles. The van der Waals surface area contributed by atoms with E-state index in [0.717, 1.165) is 19.6 Å². The Morgan fingerprint density at radius 3 is 2.95 bits per heavy atom. The second-order valence-corrected chi connectivity index (χ2v) is 6.20. The molecule has 21 heavy (non-hydrogen) atoms. The van der Waals surface area contributed by atoms with Gasteiger partial charge in [0.2, 0.25) is 0 Å². The number of piperazine rings is 1. The molecule has 1 aliphatic rings. The number of hydrogen-bond acceptors (Lipinski definition) is 4. The van der Waals surface area contributed by atoms with Crippen molar-refractivity contribution >= 4 is 22.5 Å². The van der Waals surface area contributed by atoms with Crippen molar-refractivity contribution in [3.05, 3.63) is 39.9 Å². The van der Waals surface area contributed by atoms with Crippen LogP contribution in [0.4, 0.5) is 0 Å². The molecule has 5 nitrogen and oxygen atoms in total. The van der Waals surface area contributed by atoms with Gasteiger partial charge < -0.3 is 4.90 Å². The zero-order chi connectivity index (χ0) is 15.0. The third-order valence-corrected chi connectivity index (χ3v) is 4.41. The van der Waals surface area contributed by atoms with E-state index < -0.39 is 0 Å². The molecule has 112 valence electrons. The van der Waals surface area contributed by atoms with Crippen LogP contribution in [0.5, 0.6) is 0 Å². The van der Waals surface area contributed by atoms with E-state index in [1.54, 1.807) is 29.1 Å². The Labute approximate surface area is 128 Å². The Morgan fingerprint density at radius 1 is 1.33 bits per heavy atom. The molecule has 0 saturated carbocycles. The van der Waals surface area contributed by atoms with Gasteiger partial charge in [-0.25, -0.2) is 4.98 Å². The van der Waals surface area contributed by atoms with Crippen LogP contribution in [-0.2, 0) is 6.54 Å². The Kier molecular flexibility index (Phi) is 3.97. The Hall–Kier alpha value is -1.43. The maximum Gasteiger partial charge on any atom is 0.261 e. The predicted molar refractivity (Wildman–Crippen MR) is 84.9 cm³/mol. The number of rotatable bonds is 2. The van der Waals surface area contributed by atoms with Gasteiger partial charge in [-0.3, -0.25) is 14.3 Å². The second-order valence-electron chi connectivity index (χ2n) is 5.76. The van der Waals surface area contributed by atoms with Crippen LogP contribution >= 0.6 is 11.6 Å². The van der Waals surface area contributed by atoms with Gasteiger partial charge in [-0.1, -0.05) is 11.6 Å². The van der Waals surface area contributed by atoms with E-state index >= 15 is 0 Å². The molecule has 1 aromatic carbocycles. The summed E-state index contributed by atoms with van der Waals surface area (Å²) in [6, 6.07) is 5.54. The molecule has 0 N–H and O–H groups in total. The van der Waals surface area contributed by atoms with Gasteiger partial charge in [0, 0.05) is 37.2 Å². The highest BCUT2D eigenvalue weighted by atomic mass is 35.5. The lowest BCUT2D eigenvalue weighted by Crippen LogP contribution is -2.52. The van der Waals surface area contributed by atoms with E-state index in [2.05, 4.69) is 28.9 Å². The number of likely N-dealkylation sites (N-methyl/N-ethyl adjacent to an activating group) is 2. The van der Waals surface area contributed by atoms with Gasteiger partial charge in [0.15, 0.2) is 0 Å². The normalized spacial score (nSPS) is 21.0. The molecule has 1 atom stereocenters. The van der Waals surface area contributed by atoms with Gasteiger partial charge in [-0.2, -0.15) is 0 Å². The van der Waals surface area contributed by atoms with E-state index in [4.69, 9.17) is 11.6 Å². The van der Waals surface area contributed by atoms with Crippen molar-refractivity contribution in [3.63, 3.8) is 0 Å². The lowest BCUT2D eigenvalue weighted by Gasteiger charge is -2.37. The van der Waals surface area contributed by atoms with Gasteiger partial charge in [0.05, 0.1) is 17.2 Å². The van der Waals surface area contributed by atoms with Crippen LogP contribution in [-0.4, -0.2) is 59.1 Å². The highest BCUT2D eigenvalue weighted by Crippen LogP contribution is 2.14. The van der Waals surface area contributed by atoms with Crippen molar-refractivity contribution in [3.8, 4) is 0 Å².